The quantitative estimate of drug-likeness (QED) is 0.214. The molecule has 0 aliphatic carbocycles. The summed E-state index contributed by atoms with van der Waals surface area (Å²) in [7, 11) is 0. The van der Waals surface area contributed by atoms with Gasteiger partial charge in [-0.3, -0.25) is 4.57 Å². The van der Waals surface area contributed by atoms with Crippen molar-refractivity contribution in [3.8, 4) is 34.0 Å². The van der Waals surface area contributed by atoms with E-state index >= 15 is 0 Å². The van der Waals surface area contributed by atoms with Crippen LogP contribution in [0, 0.1) is 0 Å². The van der Waals surface area contributed by atoms with E-state index in [2.05, 4.69) is 159 Å². The van der Waals surface area contributed by atoms with Crippen molar-refractivity contribution in [1.29, 1.82) is 0 Å². The van der Waals surface area contributed by atoms with Crippen molar-refractivity contribution in [3.05, 3.63) is 145 Å². The number of benzene rings is 5. The summed E-state index contributed by atoms with van der Waals surface area (Å²) in [5.41, 5.74) is 10.4. The van der Waals surface area contributed by atoms with Gasteiger partial charge >= 0.3 is 0 Å². The minimum atomic E-state index is 0.886. The van der Waals surface area contributed by atoms with Crippen LogP contribution in [0.4, 0.5) is 0 Å². The Kier molecular flexibility index (Phi) is 5.29. The number of para-hydroxylation sites is 2. The summed E-state index contributed by atoms with van der Waals surface area (Å²) in [4.78, 5) is 5.53. The molecule has 4 heterocycles. The third-order valence-corrected chi connectivity index (χ3v) is 8.79. The fourth-order valence-electron chi connectivity index (χ4n) is 6.87. The molecule has 0 saturated heterocycles. The number of allylic oxidation sites excluding steroid dienone is 1. The van der Waals surface area contributed by atoms with Crippen LogP contribution in [0.3, 0.4) is 0 Å². The second-order valence-corrected chi connectivity index (χ2v) is 11.2. The largest absolute Gasteiger partial charge is 0.316 e. The van der Waals surface area contributed by atoms with Crippen LogP contribution in [0.1, 0.15) is 12.1 Å². The van der Waals surface area contributed by atoms with Crippen LogP contribution >= 0.6 is 0 Å². The van der Waals surface area contributed by atoms with Crippen molar-refractivity contribution in [2.45, 2.75) is 13.0 Å². The smallest absolute Gasteiger partial charge is 0.215 e. The summed E-state index contributed by atoms with van der Waals surface area (Å²) < 4.78 is 7.09. The van der Waals surface area contributed by atoms with Crippen molar-refractivity contribution < 1.29 is 0 Å². The first kappa shape index (κ1) is 24.0. The first-order chi connectivity index (χ1) is 21.4. The predicted molar refractivity (Wildman–Crippen MR) is 178 cm³/mol. The molecule has 0 radical (unpaired) electrons. The van der Waals surface area contributed by atoms with Crippen LogP contribution in [0.15, 0.2) is 140 Å². The fourth-order valence-corrected chi connectivity index (χ4v) is 6.87. The van der Waals surface area contributed by atoms with Crippen LogP contribution < -0.4 is 0 Å². The second-order valence-electron chi connectivity index (χ2n) is 11.2. The van der Waals surface area contributed by atoms with Crippen molar-refractivity contribution >= 4 is 38.8 Å². The van der Waals surface area contributed by atoms with Gasteiger partial charge in [-0.2, -0.15) is 0 Å². The molecule has 0 atom stereocenters. The molecule has 9 rings (SSSR count). The Morgan fingerprint density at radius 3 is 2.19 bits per heavy atom. The van der Waals surface area contributed by atoms with E-state index in [4.69, 9.17) is 4.98 Å². The lowest BCUT2D eigenvalue weighted by molar-refractivity contribution is 0.674. The Morgan fingerprint density at radius 2 is 1.33 bits per heavy atom. The van der Waals surface area contributed by atoms with Crippen molar-refractivity contribution in [1.82, 2.24) is 18.7 Å². The van der Waals surface area contributed by atoms with Gasteiger partial charge in [0.2, 0.25) is 5.95 Å². The Labute approximate surface area is 249 Å². The van der Waals surface area contributed by atoms with Crippen LogP contribution in [-0.2, 0) is 6.54 Å². The lowest BCUT2D eigenvalue weighted by atomic mass is 9.96. The first-order valence-electron chi connectivity index (χ1n) is 14.9. The minimum Gasteiger partial charge on any atom is -0.316 e. The van der Waals surface area contributed by atoms with Gasteiger partial charge in [0, 0.05) is 40.2 Å². The number of fused-ring (bicyclic) bond motifs is 6. The SMILES string of the molecule is C1=Cc2c(-c3ccccc3-c3ccccc3)nc(-n3c4ccccc4c4ccc5c(ccn5-c5ccccc5)c43)n2CC1. The molecule has 0 unspecified atom stereocenters. The standard InChI is InChI=1S/C39H28N4/c1-3-13-27(14-4-1)29-17-7-8-19-31(29)37-36-21-11-12-25-42(36)39(40-37)43-35-20-10-9-18-30(35)32-22-23-34-33(38(32)43)24-26-41(34)28-15-5-2-6-16-28/h1-11,13-24,26H,12,25H2. The summed E-state index contributed by atoms with van der Waals surface area (Å²) in [6.45, 7) is 0.886. The number of aromatic nitrogens is 4. The van der Waals surface area contributed by atoms with Gasteiger partial charge in [-0.1, -0.05) is 103 Å². The van der Waals surface area contributed by atoms with Gasteiger partial charge in [0.1, 0.15) is 0 Å². The zero-order valence-electron chi connectivity index (χ0n) is 23.6. The molecular formula is C39H28N4. The Morgan fingerprint density at radius 1 is 0.581 bits per heavy atom. The van der Waals surface area contributed by atoms with Gasteiger partial charge in [0.15, 0.2) is 0 Å². The summed E-state index contributed by atoms with van der Waals surface area (Å²) in [5.74, 6) is 0.961. The Bertz CT molecular complexity index is 2330. The highest BCUT2D eigenvalue weighted by Gasteiger charge is 2.25. The second kappa shape index (κ2) is 9.47. The average molecular weight is 553 g/mol. The molecule has 0 bridgehead atoms. The molecular weight excluding hydrogens is 524 g/mol. The molecule has 204 valence electrons. The van der Waals surface area contributed by atoms with Gasteiger partial charge in [0.05, 0.1) is 27.9 Å². The van der Waals surface area contributed by atoms with E-state index in [0.717, 1.165) is 41.6 Å². The molecule has 3 aromatic heterocycles. The molecule has 43 heavy (non-hydrogen) atoms. The third-order valence-electron chi connectivity index (χ3n) is 8.79. The van der Waals surface area contributed by atoms with Gasteiger partial charge < -0.3 is 9.13 Å². The number of hydrogen-bond donors (Lipinski definition) is 0. The molecule has 4 heteroatoms. The van der Waals surface area contributed by atoms with Crippen LogP contribution in [0.2, 0.25) is 0 Å². The first-order valence-corrected chi connectivity index (χ1v) is 14.9. The maximum Gasteiger partial charge on any atom is 0.215 e. The van der Waals surface area contributed by atoms with Gasteiger partial charge in [-0.05, 0) is 54.0 Å². The van der Waals surface area contributed by atoms with E-state index in [1.807, 2.05) is 0 Å². The lowest BCUT2D eigenvalue weighted by Gasteiger charge is -2.15. The highest BCUT2D eigenvalue weighted by Crippen LogP contribution is 2.41. The van der Waals surface area contributed by atoms with Crippen molar-refractivity contribution in [3.63, 3.8) is 0 Å². The minimum absolute atomic E-state index is 0.886. The van der Waals surface area contributed by atoms with E-state index in [-0.39, 0.29) is 0 Å². The van der Waals surface area contributed by atoms with Crippen LogP contribution in [-0.4, -0.2) is 18.7 Å². The van der Waals surface area contributed by atoms with Crippen LogP contribution in [0.25, 0.3) is 72.8 Å². The van der Waals surface area contributed by atoms with E-state index in [1.54, 1.807) is 0 Å². The van der Waals surface area contributed by atoms with Crippen LogP contribution in [0.5, 0.6) is 0 Å². The highest BCUT2D eigenvalue weighted by molar-refractivity contribution is 6.18. The molecule has 0 spiro atoms. The van der Waals surface area contributed by atoms with Crippen molar-refractivity contribution in [2.24, 2.45) is 0 Å². The van der Waals surface area contributed by atoms with E-state index in [0.29, 0.717) is 0 Å². The zero-order valence-corrected chi connectivity index (χ0v) is 23.6. The number of imidazole rings is 1. The third kappa shape index (κ3) is 3.60. The lowest BCUT2D eigenvalue weighted by Crippen LogP contribution is -2.10. The molecule has 8 aromatic rings. The van der Waals surface area contributed by atoms with Gasteiger partial charge in [-0.15, -0.1) is 0 Å². The molecule has 0 saturated carbocycles. The highest BCUT2D eigenvalue weighted by atomic mass is 15.3. The molecule has 1 aliphatic rings. The molecule has 0 N–H and O–H groups in total. The number of rotatable bonds is 4. The van der Waals surface area contributed by atoms with Gasteiger partial charge in [0.25, 0.3) is 0 Å². The van der Waals surface area contributed by atoms with E-state index in [1.165, 1.54) is 43.8 Å². The van der Waals surface area contributed by atoms with Gasteiger partial charge in [-0.25, -0.2) is 4.98 Å². The van der Waals surface area contributed by atoms with E-state index < -0.39 is 0 Å². The molecule has 1 aliphatic heterocycles. The summed E-state index contributed by atoms with van der Waals surface area (Å²) in [5, 5.41) is 3.69. The summed E-state index contributed by atoms with van der Waals surface area (Å²) in [6.07, 6.45) is 7.70. The van der Waals surface area contributed by atoms with Crippen molar-refractivity contribution in [2.75, 3.05) is 0 Å². The Hall–Kier alpha value is -5.61. The molecule has 5 aromatic carbocycles. The number of hydrogen-bond acceptors (Lipinski definition) is 1. The monoisotopic (exact) mass is 552 g/mol. The predicted octanol–water partition coefficient (Wildman–Crippen LogP) is 9.67. The summed E-state index contributed by atoms with van der Waals surface area (Å²) in [6, 6.07) is 45.4. The normalized spacial score (nSPS) is 12.8. The topological polar surface area (TPSA) is 27.7 Å². The molecule has 0 fully saturated rings. The zero-order chi connectivity index (χ0) is 28.3. The van der Waals surface area contributed by atoms with E-state index in [9.17, 15) is 0 Å². The maximum atomic E-state index is 5.53. The average Bonchev–Trinajstić information content (AvgIpc) is 3.77. The Balaban J connectivity index is 1.36. The number of nitrogens with zero attached hydrogens (tertiary/aromatic N) is 4. The maximum absolute atomic E-state index is 5.53. The molecule has 0 amide bonds. The molecule has 4 nitrogen and oxygen atoms in total. The summed E-state index contributed by atoms with van der Waals surface area (Å²) >= 11 is 0. The fraction of sp³-hybridized carbons (Fsp3) is 0.0513.